The van der Waals surface area contributed by atoms with Gasteiger partial charge >= 0.3 is 0 Å². The topological polar surface area (TPSA) is 16.4 Å². The van der Waals surface area contributed by atoms with Crippen molar-refractivity contribution in [1.29, 1.82) is 0 Å². The molecule has 0 bridgehead atoms. The number of nitrogens with zero attached hydrogens (tertiary/aromatic N) is 1. The fourth-order valence-corrected chi connectivity index (χ4v) is 8.74. The molecule has 1 aromatic heterocycles. The molecule has 4 aromatic rings. The number of fused-ring (bicyclic) bond motifs is 1. The minimum absolute atomic E-state index is 0.326. The molecule has 0 N–H and O–H groups in total. The zero-order valence-corrected chi connectivity index (χ0v) is 24.7. The van der Waals surface area contributed by atoms with Gasteiger partial charge in [0.15, 0.2) is 0 Å². The van der Waals surface area contributed by atoms with Crippen molar-refractivity contribution >= 4 is 0 Å². The van der Waals surface area contributed by atoms with Gasteiger partial charge in [0.05, 0.1) is 0 Å². The van der Waals surface area contributed by atoms with Crippen LogP contribution < -0.4 is 0 Å². The Morgan fingerprint density at radius 2 is 1.17 bits per heavy atom. The summed E-state index contributed by atoms with van der Waals surface area (Å²) >= 11 is 0. The Hall–Kier alpha value is -3.10. The first-order valence-corrected chi connectivity index (χ1v) is 16.3. The summed E-state index contributed by atoms with van der Waals surface area (Å²) in [5.74, 6) is 3.02. The molecule has 7 rings (SSSR count). The lowest BCUT2D eigenvalue weighted by Crippen LogP contribution is -2.49. The lowest BCUT2D eigenvalue weighted by molar-refractivity contribution is 0.0137. The average Bonchev–Trinajstić information content (AvgIpc) is 3.54. The predicted octanol–water partition coefficient (Wildman–Crippen LogP) is 10.3. The molecule has 0 spiro atoms. The summed E-state index contributed by atoms with van der Waals surface area (Å²) in [4.78, 5) is 3.11. The molecule has 2 heteroatoms. The number of benzene rings is 3. The van der Waals surface area contributed by atoms with E-state index in [-0.39, 0.29) is 0 Å². The second-order valence-electron chi connectivity index (χ2n) is 12.9. The normalized spacial score (nSPS) is 23.6. The molecule has 1 heterocycles. The standard InChI is InChI=1S/C39H45NO/c1-28-35-36(30-19-9-3-10-20-30)34(27-29-17-7-2-8-18-29)38(37(35)39(41-28)31-21-11-4-12-22-31)40(32-23-13-5-14-24-32)33-25-15-6-16-26-33/h2-4,7-12,17-22,32-34,36,38H,5-6,13-16,23-27H2,1H3/t34-,36-,38+/m0/s1. The van der Waals surface area contributed by atoms with E-state index < -0.39 is 0 Å². The van der Waals surface area contributed by atoms with Crippen LogP contribution in [0.4, 0.5) is 0 Å². The largest absolute Gasteiger partial charge is 0.461 e. The summed E-state index contributed by atoms with van der Waals surface area (Å²) in [6, 6.07) is 35.3. The Morgan fingerprint density at radius 1 is 0.634 bits per heavy atom. The highest BCUT2D eigenvalue weighted by Crippen LogP contribution is 2.59. The van der Waals surface area contributed by atoms with E-state index in [0.717, 1.165) is 17.9 Å². The summed E-state index contributed by atoms with van der Waals surface area (Å²) in [6.45, 7) is 2.23. The quantitative estimate of drug-likeness (QED) is 0.230. The Bertz CT molecular complexity index is 1380. The van der Waals surface area contributed by atoms with Gasteiger partial charge in [0, 0.05) is 40.7 Å². The van der Waals surface area contributed by atoms with Gasteiger partial charge in [0.25, 0.3) is 0 Å². The number of aryl methyl sites for hydroxylation is 1. The van der Waals surface area contributed by atoms with Crippen molar-refractivity contribution in [3.63, 3.8) is 0 Å². The zero-order valence-electron chi connectivity index (χ0n) is 24.7. The molecule has 0 radical (unpaired) electrons. The minimum Gasteiger partial charge on any atom is -0.461 e. The van der Waals surface area contributed by atoms with E-state index in [1.807, 2.05) is 0 Å². The van der Waals surface area contributed by atoms with Crippen molar-refractivity contribution in [2.45, 2.75) is 102 Å². The molecular weight excluding hydrogens is 498 g/mol. The molecule has 2 saturated carbocycles. The van der Waals surface area contributed by atoms with Gasteiger partial charge < -0.3 is 4.42 Å². The lowest BCUT2D eigenvalue weighted by Gasteiger charge is -2.48. The molecule has 0 unspecified atom stereocenters. The summed E-state index contributed by atoms with van der Waals surface area (Å²) in [6.07, 6.45) is 14.7. The fraction of sp³-hybridized carbons (Fsp3) is 0.436. The predicted molar refractivity (Wildman–Crippen MR) is 169 cm³/mol. The first-order chi connectivity index (χ1) is 20.3. The van der Waals surface area contributed by atoms with Crippen LogP contribution >= 0.6 is 0 Å². The molecule has 2 fully saturated rings. The van der Waals surface area contributed by atoms with Crippen molar-refractivity contribution in [3.05, 3.63) is 119 Å². The first kappa shape index (κ1) is 26.8. The number of furan rings is 1. The Morgan fingerprint density at radius 3 is 1.76 bits per heavy atom. The van der Waals surface area contributed by atoms with Crippen LogP contribution in [0.2, 0.25) is 0 Å². The molecular formula is C39H45NO. The highest BCUT2D eigenvalue weighted by atomic mass is 16.3. The molecule has 3 aliphatic rings. The molecule has 0 amide bonds. The van der Waals surface area contributed by atoms with E-state index >= 15 is 0 Å². The molecule has 0 aliphatic heterocycles. The highest BCUT2D eigenvalue weighted by molar-refractivity contribution is 5.68. The van der Waals surface area contributed by atoms with Gasteiger partial charge in [0.2, 0.25) is 0 Å². The van der Waals surface area contributed by atoms with Gasteiger partial charge in [-0.15, -0.1) is 0 Å². The van der Waals surface area contributed by atoms with Crippen LogP contribution in [0.25, 0.3) is 11.3 Å². The zero-order chi connectivity index (χ0) is 27.6. The van der Waals surface area contributed by atoms with Gasteiger partial charge in [-0.1, -0.05) is 130 Å². The Balaban J connectivity index is 1.45. The lowest BCUT2D eigenvalue weighted by atomic mass is 9.78. The molecule has 41 heavy (non-hydrogen) atoms. The number of rotatable bonds is 7. The van der Waals surface area contributed by atoms with Crippen LogP contribution in [0.3, 0.4) is 0 Å². The van der Waals surface area contributed by atoms with E-state index in [9.17, 15) is 0 Å². The van der Waals surface area contributed by atoms with Crippen molar-refractivity contribution < 1.29 is 4.42 Å². The average molecular weight is 544 g/mol. The fourth-order valence-electron chi connectivity index (χ4n) is 8.74. The minimum atomic E-state index is 0.326. The first-order valence-electron chi connectivity index (χ1n) is 16.3. The Kier molecular flexibility index (Phi) is 7.85. The third-order valence-corrected chi connectivity index (χ3v) is 10.4. The van der Waals surface area contributed by atoms with E-state index in [1.54, 1.807) is 0 Å². The van der Waals surface area contributed by atoms with Gasteiger partial charge in [-0.25, -0.2) is 0 Å². The molecule has 3 aromatic carbocycles. The third kappa shape index (κ3) is 5.21. The molecule has 3 atom stereocenters. The van der Waals surface area contributed by atoms with E-state index in [2.05, 4.69) is 103 Å². The SMILES string of the molecule is Cc1oc(-c2ccccc2)c2c1[C@@H](c1ccccc1)[C@H](Cc1ccccc1)[C@H]2N(C1CCCCC1)C1CCCCC1. The van der Waals surface area contributed by atoms with Gasteiger partial charge in [-0.05, 0) is 56.1 Å². The molecule has 212 valence electrons. The van der Waals surface area contributed by atoms with Crippen LogP contribution in [0.1, 0.15) is 104 Å². The molecule has 2 nitrogen and oxygen atoms in total. The van der Waals surface area contributed by atoms with E-state index in [1.165, 1.54) is 92.0 Å². The van der Waals surface area contributed by atoms with E-state index in [0.29, 0.717) is 30.0 Å². The maximum Gasteiger partial charge on any atom is 0.139 e. The third-order valence-electron chi connectivity index (χ3n) is 10.4. The monoisotopic (exact) mass is 543 g/mol. The van der Waals surface area contributed by atoms with Gasteiger partial charge in [-0.3, -0.25) is 4.90 Å². The van der Waals surface area contributed by atoms with Gasteiger partial charge in [-0.2, -0.15) is 0 Å². The maximum absolute atomic E-state index is 6.85. The van der Waals surface area contributed by atoms with Gasteiger partial charge in [0.1, 0.15) is 11.5 Å². The van der Waals surface area contributed by atoms with Crippen LogP contribution in [-0.2, 0) is 6.42 Å². The van der Waals surface area contributed by atoms with Crippen LogP contribution in [0.5, 0.6) is 0 Å². The van der Waals surface area contributed by atoms with Crippen LogP contribution in [-0.4, -0.2) is 17.0 Å². The van der Waals surface area contributed by atoms with Crippen molar-refractivity contribution in [3.8, 4) is 11.3 Å². The highest BCUT2D eigenvalue weighted by Gasteiger charge is 2.51. The van der Waals surface area contributed by atoms with Crippen molar-refractivity contribution in [2.75, 3.05) is 0 Å². The smallest absolute Gasteiger partial charge is 0.139 e. The summed E-state index contributed by atoms with van der Waals surface area (Å²) in [7, 11) is 0. The van der Waals surface area contributed by atoms with Crippen LogP contribution in [0.15, 0.2) is 95.4 Å². The maximum atomic E-state index is 6.85. The van der Waals surface area contributed by atoms with Crippen LogP contribution in [0, 0.1) is 12.8 Å². The summed E-state index contributed by atoms with van der Waals surface area (Å²) < 4.78 is 6.85. The Labute approximate surface area is 246 Å². The summed E-state index contributed by atoms with van der Waals surface area (Å²) in [5.41, 5.74) is 7.09. The molecule has 3 aliphatic carbocycles. The molecule has 0 saturated heterocycles. The second-order valence-corrected chi connectivity index (χ2v) is 12.9. The van der Waals surface area contributed by atoms with Crippen molar-refractivity contribution in [2.24, 2.45) is 5.92 Å². The summed E-state index contributed by atoms with van der Waals surface area (Å²) in [5, 5.41) is 0. The van der Waals surface area contributed by atoms with Crippen molar-refractivity contribution in [1.82, 2.24) is 4.90 Å². The number of hydrogen-bond donors (Lipinski definition) is 0. The second kappa shape index (κ2) is 12.0. The van der Waals surface area contributed by atoms with E-state index in [4.69, 9.17) is 4.42 Å². The number of hydrogen-bond acceptors (Lipinski definition) is 2.